The number of nitrogens with zero attached hydrogens (tertiary/aromatic N) is 3. The Labute approximate surface area is 152 Å². The van der Waals surface area contributed by atoms with Crippen LogP contribution in [0.4, 0.5) is 17.1 Å². The van der Waals surface area contributed by atoms with Crippen molar-refractivity contribution in [3.05, 3.63) is 36.2 Å². The van der Waals surface area contributed by atoms with Crippen LogP contribution < -0.4 is 15.1 Å². The molecule has 0 bridgehead atoms. The Bertz CT molecular complexity index is 737. The number of rotatable bonds is 4. The molecule has 26 heavy (non-hydrogen) atoms. The minimum Gasteiger partial charge on any atom is -0.378 e. The van der Waals surface area contributed by atoms with Crippen molar-refractivity contribution in [2.75, 3.05) is 67.7 Å². The third kappa shape index (κ3) is 3.66. The largest absolute Gasteiger partial charge is 0.378 e. The molecular weight excluding hydrogens is 334 g/mol. The number of hydrogen-bond acceptors (Lipinski definition) is 6. The molecule has 0 spiro atoms. The summed E-state index contributed by atoms with van der Waals surface area (Å²) in [5.41, 5.74) is 3.48. The zero-order valence-electron chi connectivity index (χ0n) is 14.6. The van der Waals surface area contributed by atoms with Crippen LogP contribution in [0.3, 0.4) is 0 Å². The van der Waals surface area contributed by atoms with E-state index in [1.54, 1.807) is 6.20 Å². The Hall–Kier alpha value is -2.58. The van der Waals surface area contributed by atoms with Gasteiger partial charge in [-0.15, -0.1) is 0 Å². The lowest BCUT2D eigenvalue weighted by Crippen LogP contribution is -2.38. The number of carbonyl (C=O) groups is 1. The first-order valence-corrected chi connectivity index (χ1v) is 8.91. The van der Waals surface area contributed by atoms with E-state index in [9.17, 15) is 4.79 Å². The third-order valence-electron chi connectivity index (χ3n) is 4.72. The second-order valence-electron chi connectivity index (χ2n) is 6.34. The molecule has 138 valence electrons. The van der Waals surface area contributed by atoms with E-state index in [2.05, 4.69) is 37.4 Å². The molecule has 3 heterocycles. The number of ether oxygens (including phenoxy) is 2. The topological polar surface area (TPSA) is 82.7 Å². The first-order chi connectivity index (χ1) is 12.8. The Morgan fingerprint density at radius 1 is 1.04 bits per heavy atom. The van der Waals surface area contributed by atoms with Crippen molar-refractivity contribution in [1.82, 2.24) is 10.2 Å². The molecule has 2 aliphatic heterocycles. The van der Waals surface area contributed by atoms with Crippen LogP contribution in [-0.4, -0.2) is 68.7 Å². The van der Waals surface area contributed by atoms with Crippen molar-refractivity contribution >= 4 is 23.0 Å². The number of nitrogens with one attached hydrogen (secondary N) is 2. The van der Waals surface area contributed by atoms with Gasteiger partial charge in [-0.3, -0.25) is 9.89 Å². The number of hydrogen-bond donors (Lipinski definition) is 2. The second-order valence-corrected chi connectivity index (χ2v) is 6.34. The van der Waals surface area contributed by atoms with Gasteiger partial charge in [0, 0.05) is 38.1 Å². The summed E-state index contributed by atoms with van der Waals surface area (Å²) >= 11 is 0. The summed E-state index contributed by atoms with van der Waals surface area (Å²) in [4.78, 5) is 17.0. The molecule has 1 aromatic heterocycles. The van der Waals surface area contributed by atoms with Crippen molar-refractivity contribution in [1.29, 1.82) is 0 Å². The van der Waals surface area contributed by atoms with Crippen LogP contribution in [0.1, 0.15) is 10.4 Å². The van der Waals surface area contributed by atoms with E-state index >= 15 is 0 Å². The van der Waals surface area contributed by atoms with Gasteiger partial charge in [-0.2, -0.15) is 5.10 Å². The van der Waals surface area contributed by atoms with E-state index in [1.165, 1.54) is 6.20 Å². The molecule has 0 radical (unpaired) electrons. The van der Waals surface area contributed by atoms with E-state index in [-0.39, 0.29) is 5.91 Å². The molecule has 4 rings (SSSR count). The fourth-order valence-corrected chi connectivity index (χ4v) is 3.28. The van der Waals surface area contributed by atoms with Crippen molar-refractivity contribution in [3.63, 3.8) is 0 Å². The van der Waals surface area contributed by atoms with E-state index in [4.69, 9.17) is 9.47 Å². The minimum absolute atomic E-state index is 0.174. The van der Waals surface area contributed by atoms with E-state index in [1.807, 2.05) is 6.07 Å². The quantitative estimate of drug-likeness (QED) is 0.859. The number of carbonyl (C=O) groups excluding carboxylic acids is 1. The molecule has 1 amide bonds. The molecule has 1 aromatic carbocycles. The lowest BCUT2D eigenvalue weighted by Gasteiger charge is -2.33. The van der Waals surface area contributed by atoms with Crippen LogP contribution in [0.25, 0.3) is 0 Å². The van der Waals surface area contributed by atoms with Crippen LogP contribution in [0, 0.1) is 0 Å². The lowest BCUT2D eigenvalue weighted by molar-refractivity contribution is 0.102. The van der Waals surface area contributed by atoms with Crippen molar-refractivity contribution < 1.29 is 14.3 Å². The molecular formula is C18H23N5O3. The Morgan fingerprint density at radius 2 is 1.73 bits per heavy atom. The highest BCUT2D eigenvalue weighted by molar-refractivity contribution is 6.05. The summed E-state index contributed by atoms with van der Waals surface area (Å²) in [5.74, 6) is -0.174. The van der Waals surface area contributed by atoms with Gasteiger partial charge in [0.2, 0.25) is 0 Å². The van der Waals surface area contributed by atoms with Gasteiger partial charge in [-0.25, -0.2) is 0 Å². The van der Waals surface area contributed by atoms with E-state index in [0.717, 1.165) is 56.5 Å². The fraction of sp³-hybridized carbons (Fsp3) is 0.444. The maximum Gasteiger partial charge on any atom is 0.258 e. The van der Waals surface area contributed by atoms with Gasteiger partial charge < -0.3 is 24.6 Å². The molecule has 0 unspecified atom stereocenters. The average molecular weight is 357 g/mol. The van der Waals surface area contributed by atoms with Gasteiger partial charge in [0.1, 0.15) is 0 Å². The first-order valence-electron chi connectivity index (χ1n) is 8.91. The summed E-state index contributed by atoms with van der Waals surface area (Å²) in [6.45, 7) is 6.24. The van der Waals surface area contributed by atoms with Gasteiger partial charge in [-0.05, 0) is 18.2 Å². The Kier molecular flexibility index (Phi) is 5.03. The average Bonchev–Trinajstić information content (AvgIpc) is 3.25. The monoisotopic (exact) mass is 357 g/mol. The zero-order chi connectivity index (χ0) is 17.8. The van der Waals surface area contributed by atoms with Crippen LogP contribution in [0.15, 0.2) is 30.6 Å². The summed E-state index contributed by atoms with van der Waals surface area (Å²) in [7, 11) is 0. The Balaban J connectivity index is 1.61. The Morgan fingerprint density at radius 3 is 2.38 bits per heavy atom. The normalized spacial score (nSPS) is 18.0. The highest BCUT2D eigenvalue weighted by Crippen LogP contribution is 2.32. The van der Waals surface area contributed by atoms with Crippen molar-refractivity contribution in [2.45, 2.75) is 0 Å². The lowest BCUT2D eigenvalue weighted by atomic mass is 10.1. The number of anilines is 3. The molecule has 0 aliphatic carbocycles. The number of morpholine rings is 2. The molecule has 2 aromatic rings. The molecule has 8 heteroatoms. The maximum atomic E-state index is 12.5. The molecule has 2 fully saturated rings. The van der Waals surface area contributed by atoms with Crippen molar-refractivity contribution in [3.8, 4) is 0 Å². The number of benzene rings is 1. The fourth-order valence-electron chi connectivity index (χ4n) is 3.28. The summed E-state index contributed by atoms with van der Waals surface area (Å²) in [6.07, 6.45) is 3.11. The minimum atomic E-state index is -0.174. The number of aromatic amines is 1. The molecule has 2 N–H and O–H groups in total. The first kappa shape index (κ1) is 16.9. The van der Waals surface area contributed by atoms with Crippen LogP contribution >= 0.6 is 0 Å². The van der Waals surface area contributed by atoms with Crippen LogP contribution in [-0.2, 0) is 9.47 Å². The summed E-state index contributed by atoms with van der Waals surface area (Å²) in [5, 5.41) is 9.53. The number of aromatic nitrogens is 2. The molecule has 0 atom stereocenters. The summed E-state index contributed by atoms with van der Waals surface area (Å²) in [6, 6.07) is 6.19. The van der Waals surface area contributed by atoms with Gasteiger partial charge >= 0.3 is 0 Å². The third-order valence-corrected chi connectivity index (χ3v) is 4.72. The SMILES string of the molecule is O=C(Nc1ccc(N2CCOCC2)cc1N1CCOCC1)c1cn[nH]c1. The zero-order valence-corrected chi connectivity index (χ0v) is 14.6. The predicted molar refractivity (Wildman–Crippen MR) is 99.0 cm³/mol. The van der Waals surface area contributed by atoms with Gasteiger partial charge in [0.25, 0.3) is 5.91 Å². The standard InChI is InChI=1S/C18H23N5O3/c24-18(14-12-19-20-13-14)21-16-2-1-15(22-3-7-25-8-4-22)11-17(16)23-5-9-26-10-6-23/h1-2,11-13H,3-10H2,(H,19,20)(H,21,24). The van der Waals surface area contributed by atoms with Gasteiger partial charge in [0.05, 0.1) is 49.6 Å². The van der Waals surface area contributed by atoms with Gasteiger partial charge in [-0.1, -0.05) is 0 Å². The predicted octanol–water partition coefficient (Wildman–Crippen LogP) is 1.34. The van der Waals surface area contributed by atoms with E-state index < -0.39 is 0 Å². The van der Waals surface area contributed by atoms with E-state index in [0.29, 0.717) is 18.8 Å². The molecule has 0 saturated carbocycles. The number of amides is 1. The highest BCUT2D eigenvalue weighted by Gasteiger charge is 2.20. The number of H-pyrrole nitrogens is 1. The second kappa shape index (κ2) is 7.76. The van der Waals surface area contributed by atoms with Crippen LogP contribution in [0.2, 0.25) is 0 Å². The molecule has 8 nitrogen and oxygen atoms in total. The maximum absolute atomic E-state index is 12.5. The molecule has 2 saturated heterocycles. The highest BCUT2D eigenvalue weighted by atomic mass is 16.5. The smallest absolute Gasteiger partial charge is 0.258 e. The van der Waals surface area contributed by atoms with Gasteiger partial charge in [0.15, 0.2) is 0 Å². The summed E-state index contributed by atoms with van der Waals surface area (Å²) < 4.78 is 10.9. The van der Waals surface area contributed by atoms with Crippen molar-refractivity contribution in [2.24, 2.45) is 0 Å². The van der Waals surface area contributed by atoms with Crippen LogP contribution in [0.5, 0.6) is 0 Å². The molecule has 2 aliphatic rings.